The molecule has 18 heavy (non-hydrogen) atoms. The van der Waals surface area contributed by atoms with Crippen LogP contribution in [0, 0.1) is 0 Å². The highest BCUT2D eigenvalue weighted by molar-refractivity contribution is 5.84. The zero-order valence-corrected chi connectivity index (χ0v) is 11.1. The molecule has 1 aromatic heterocycles. The van der Waals surface area contributed by atoms with Gasteiger partial charge in [0.2, 0.25) is 0 Å². The van der Waals surface area contributed by atoms with Crippen molar-refractivity contribution in [2.45, 2.75) is 39.3 Å². The fourth-order valence-corrected chi connectivity index (χ4v) is 1.14. The topological polar surface area (TPSA) is 83.3 Å². The lowest BCUT2D eigenvalue weighted by molar-refractivity contribution is -0.158. The summed E-state index contributed by atoms with van der Waals surface area (Å²) in [7, 11) is 1.24. The summed E-state index contributed by atoms with van der Waals surface area (Å²) in [6, 6.07) is -0.657. The van der Waals surface area contributed by atoms with Gasteiger partial charge in [0, 0.05) is 0 Å². The molecule has 1 aromatic rings. The predicted octanol–water partition coefficient (Wildman–Crippen LogP) is 0.967. The molecule has 1 unspecified atom stereocenters. The second-order valence-electron chi connectivity index (χ2n) is 4.75. The molecule has 7 heteroatoms. The summed E-state index contributed by atoms with van der Waals surface area (Å²) in [6.07, 6.45) is 1.29. The minimum absolute atomic E-state index is 0.0899. The molecule has 1 atom stereocenters. The zero-order valence-electron chi connectivity index (χ0n) is 11.1. The summed E-state index contributed by atoms with van der Waals surface area (Å²) in [5, 5.41) is 3.86. The van der Waals surface area contributed by atoms with Gasteiger partial charge in [0.25, 0.3) is 5.82 Å². The Morgan fingerprint density at radius 3 is 2.50 bits per heavy atom. The number of aromatic nitrogens is 3. The van der Waals surface area contributed by atoms with Crippen LogP contribution in [0.5, 0.6) is 0 Å². The monoisotopic (exact) mass is 255 g/mol. The second-order valence-corrected chi connectivity index (χ2v) is 4.75. The van der Waals surface area contributed by atoms with Crippen LogP contribution in [0.3, 0.4) is 0 Å². The van der Waals surface area contributed by atoms with Crippen molar-refractivity contribution in [3.05, 3.63) is 12.2 Å². The van der Waals surface area contributed by atoms with E-state index in [-0.39, 0.29) is 5.82 Å². The quantitative estimate of drug-likeness (QED) is 0.748. The van der Waals surface area contributed by atoms with E-state index in [0.29, 0.717) is 0 Å². The van der Waals surface area contributed by atoms with Crippen LogP contribution >= 0.6 is 0 Å². The van der Waals surface area contributed by atoms with E-state index in [2.05, 4.69) is 14.8 Å². The molecule has 1 heterocycles. The van der Waals surface area contributed by atoms with Crippen LogP contribution in [-0.4, -0.2) is 39.4 Å². The Hall–Kier alpha value is -1.92. The number of hydrogen-bond donors (Lipinski definition) is 0. The third-order valence-corrected chi connectivity index (χ3v) is 2.02. The Labute approximate surface area is 105 Å². The molecule has 0 saturated carbocycles. The molecular formula is C11H17N3O4. The van der Waals surface area contributed by atoms with Crippen LogP contribution in [0.1, 0.15) is 44.4 Å². The predicted molar refractivity (Wildman–Crippen MR) is 61.9 cm³/mol. The van der Waals surface area contributed by atoms with Crippen LogP contribution in [-0.2, 0) is 14.3 Å². The minimum Gasteiger partial charge on any atom is -0.463 e. The highest BCUT2D eigenvalue weighted by Gasteiger charge is 2.24. The molecule has 0 N–H and O–H groups in total. The maximum atomic E-state index is 11.8. The third-order valence-electron chi connectivity index (χ3n) is 2.02. The van der Waals surface area contributed by atoms with Crippen LogP contribution in [0.25, 0.3) is 0 Å². The Morgan fingerprint density at radius 2 is 2.00 bits per heavy atom. The van der Waals surface area contributed by atoms with Gasteiger partial charge in [0.05, 0.1) is 7.11 Å². The first-order valence-electron chi connectivity index (χ1n) is 5.47. The number of carbonyl (C=O) groups is 2. The lowest BCUT2D eigenvalue weighted by Gasteiger charge is -2.22. The summed E-state index contributed by atoms with van der Waals surface area (Å²) >= 11 is 0. The standard InChI is InChI=1S/C11H17N3O4/c1-7(9(15)18-11(2,3)4)14-6-12-8(13-14)10(16)17-5/h6-7H,1-5H3. The Bertz CT molecular complexity index is 447. The molecule has 100 valence electrons. The van der Waals surface area contributed by atoms with Crippen molar-refractivity contribution >= 4 is 11.9 Å². The maximum absolute atomic E-state index is 11.8. The normalized spacial score (nSPS) is 12.9. The highest BCUT2D eigenvalue weighted by atomic mass is 16.6. The Kier molecular flexibility index (Phi) is 4.05. The van der Waals surface area contributed by atoms with E-state index < -0.39 is 23.6 Å². The molecule has 1 rings (SSSR count). The van der Waals surface area contributed by atoms with E-state index in [0.717, 1.165) is 0 Å². The van der Waals surface area contributed by atoms with Crippen LogP contribution in [0.2, 0.25) is 0 Å². The van der Waals surface area contributed by atoms with Crippen molar-refractivity contribution in [2.24, 2.45) is 0 Å². The van der Waals surface area contributed by atoms with Crippen molar-refractivity contribution in [1.82, 2.24) is 14.8 Å². The zero-order chi connectivity index (χ0) is 13.9. The molecule has 7 nitrogen and oxygen atoms in total. The first-order chi connectivity index (χ1) is 8.24. The summed E-state index contributed by atoms with van der Waals surface area (Å²) in [6.45, 7) is 6.94. The molecule has 0 bridgehead atoms. The van der Waals surface area contributed by atoms with Gasteiger partial charge in [-0.2, -0.15) is 0 Å². The SMILES string of the molecule is COC(=O)c1ncn(C(C)C(=O)OC(C)(C)C)n1. The number of ether oxygens (including phenoxy) is 2. The average Bonchev–Trinajstić information content (AvgIpc) is 2.73. The fourth-order valence-electron chi connectivity index (χ4n) is 1.14. The lowest BCUT2D eigenvalue weighted by atomic mass is 10.2. The minimum atomic E-state index is -0.657. The second kappa shape index (κ2) is 5.16. The molecular weight excluding hydrogens is 238 g/mol. The largest absolute Gasteiger partial charge is 0.463 e. The van der Waals surface area contributed by atoms with Crippen molar-refractivity contribution in [3.63, 3.8) is 0 Å². The molecule has 0 spiro atoms. The summed E-state index contributed by atoms with van der Waals surface area (Å²) in [4.78, 5) is 26.7. The van der Waals surface area contributed by atoms with Gasteiger partial charge < -0.3 is 9.47 Å². The first-order valence-corrected chi connectivity index (χ1v) is 5.47. The smallest absolute Gasteiger partial charge is 0.377 e. The molecule has 0 aliphatic rings. The summed E-state index contributed by atoms with van der Waals surface area (Å²) in [5.41, 5.74) is -0.572. The Morgan fingerprint density at radius 1 is 1.39 bits per heavy atom. The number of hydrogen-bond acceptors (Lipinski definition) is 6. The van der Waals surface area contributed by atoms with Gasteiger partial charge in [-0.1, -0.05) is 0 Å². The first kappa shape index (κ1) is 14.1. The molecule has 0 fully saturated rings. The van der Waals surface area contributed by atoms with Gasteiger partial charge in [0.1, 0.15) is 18.0 Å². The fraction of sp³-hybridized carbons (Fsp3) is 0.636. The highest BCUT2D eigenvalue weighted by Crippen LogP contribution is 2.14. The van der Waals surface area contributed by atoms with Crippen molar-refractivity contribution < 1.29 is 19.1 Å². The van der Waals surface area contributed by atoms with Gasteiger partial charge in [-0.3, -0.25) is 0 Å². The van der Waals surface area contributed by atoms with E-state index in [4.69, 9.17) is 4.74 Å². The lowest BCUT2D eigenvalue weighted by Crippen LogP contribution is -2.29. The van der Waals surface area contributed by atoms with Gasteiger partial charge >= 0.3 is 11.9 Å². The molecule has 0 aromatic carbocycles. The van der Waals surface area contributed by atoms with E-state index in [9.17, 15) is 9.59 Å². The van der Waals surface area contributed by atoms with Crippen molar-refractivity contribution in [1.29, 1.82) is 0 Å². The van der Waals surface area contributed by atoms with E-state index in [1.54, 1.807) is 27.7 Å². The summed E-state index contributed by atoms with van der Waals surface area (Å²) in [5.74, 6) is -1.18. The van der Waals surface area contributed by atoms with Gasteiger partial charge in [-0.05, 0) is 27.7 Å². The number of nitrogens with zero attached hydrogens (tertiary/aromatic N) is 3. The molecule has 0 aliphatic carbocycles. The van der Waals surface area contributed by atoms with E-state index >= 15 is 0 Å². The van der Waals surface area contributed by atoms with Crippen LogP contribution in [0.4, 0.5) is 0 Å². The van der Waals surface area contributed by atoms with Gasteiger partial charge in [-0.25, -0.2) is 19.3 Å². The maximum Gasteiger partial charge on any atom is 0.377 e. The molecule has 0 saturated heterocycles. The average molecular weight is 255 g/mol. The Balaban J connectivity index is 2.78. The summed E-state index contributed by atoms with van der Waals surface area (Å²) < 4.78 is 10.9. The van der Waals surface area contributed by atoms with Crippen molar-refractivity contribution in [2.75, 3.05) is 7.11 Å². The van der Waals surface area contributed by atoms with E-state index in [1.165, 1.54) is 18.1 Å². The number of methoxy groups -OCH3 is 1. The van der Waals surface area contributed by atoms with Gasteiger partial charge in [0.15, 0.2) is 0 Å². The van der Waals surface area contributed by atoms with E-state index in [1.807, 2.05) is 0 Å². The van der Waals surface area contributed by atoms with Crippen molar-refractivity contribution in [3.8, 4) is 0 Å². The molecule has 0 aliphatic heterocycles. The number of rotatable bonds is 3. The van der Waals surface area contributed by atoms with Gasteiger partial charge in [-0.15, -0.1) is 5.10 Å². The molecule has 0 amide bonds. The third kappa shape index (κ3) is 3.54. The number of esters is 2. The van der Waals surface area contributed by atoms with Crippen LogP contribution < -0.4 is 0 Å². The molecule has 0 radical (unpaired) electrons. The van der Waals surface area contributed by atoms with Crippen LogP contribution in [0.15, 0.2) is 6.33 Å². The number of carbonyl (C=O) groups excluding carboxylic acids is 2.